The highest BCUT2D eigenvalue weighted by molar-refractivity contribution is 8.00. The first-order chi connectivity index (χ1) is 12.1. The molecule has 4 amide bonds. The third-order valence-electron chi connectivity index (χ3n) is 3.62. The van der Waals surface area contributed by atoms with Crippen molar-refractivity contribution in [2.75, 3.05) is 0 Å². The van der Waals surface area contributed by atoms with Crippen molar-refractivity contribution in [1.29, 1.82) is 0 Å². The Hall–Kier alpha value is -2.10. The number of amides is 4. The van der Waals surface area contributed by atoms with E-state index in [-0.39, 0.29) is 12.3 Å². The molecule has 1 aliphatic rings. The van der Waals surface area contributed by atoms with Crippen LogP contribution in [-0.2, 0) is 16.0 Å². The van der Waals surface area contributed by atoms with Gasteiger partial charge in [0.15, 0.2) is 5.16 Å². The molecule has 144 valence electrons. The van der Waals surface area contributed by atoms with Crippen molar-refractivity contribution in [3.8, 4) is 0 Å². The Kier molecular flexibility index (Phi) is 6.27. The average Bonchev–Trinajstić information content (AvgIpc) is 3.25. The molecule has 0 aromatic carbocycles. The van der Waals surface area contributed by atoms with Crippen LogP contribution >= 0.6 is 11.8 Å². The van der Waals surface area contributed by atoms with Crippen LogP contribution in [0.5, 0.6) is 0 Å². The molecule has 0 aliphatic heterocycles. The number of primary amides is 1. The molecule has 26 heavy (non-hydrogen) atoms. The van der Waals surface area contributed by atoms with Gasteiger partial charge in [0, 0.05) is 24.4 Å². The predicted molar refractivity (Wildman–Crippen MR) is 97.6 cm³/mol. The maximum absolute atomic E-state index is 12.3. The number of nitrogens with two attached hydrogens (primary N) is 1. The first-order valence-electron chi connectivity index (χ1n) is 8.58. The lowest BCUT2D eigenvalue weighted by Crippen LogP contribution is -2.49. The van der Waals surface area contributed by atoms with Crippen LogP contribution < -0.4 is 16.4 Å². The summed E-state index contributed by atoms with van der Waals surface area (Å²) in [6.45, 7) is 7.21. The second-order valence-corrected chi connectivity index (χ2v) is 8.73. The number of imide groups is 1. The van der Waals surface area contributed by atoms with Crippen molar-refractivity contribution in [3.05, 3.63) is 5.82 Å². The molecule has 1 aromatic heterocycles. The second kappa shape index (κ2) is 8.07. The standard InChI is InChI=1S/C16H26N6O3S/c1-9(13(24)18-14(25)19-16(2,3)4)26-15-21-20-12(8-7-11(17)23)22(15)10-5-6-10/h9-10H,5-8H2,1-4H3,(H2,17,23)(H2,18,19,24,25). The number of nitrogens with one attached hydrogen (secondary N) is 2. The van der Waals surface area contributed by atoms with E-state index in [2.05, 4.69) is 20.8 Å². The molecule has 1 atom stereocenters. The Morgan fingerprint density at radius 1 is 1.31 bits per heavy atom. The molecule has 1 aromatic rings. The quantitative estimate of drug-likeness (QED) is 0.606. The molecule has 1 aliphatic carbocycles. The number of hydrogen-bond donors (Lipinski definition) is 3. The number of rotatable bonds is 7. The molecule has 0 radical (unpaired) electrons. The van der Waals surface area contributed by atoms with Crippen LogP contribution in [0.3, 0.4) is 0 Å². The molecule has 0 bridgehead atoms. The number of carbonyl (C=O) groups excluding carboxylic acids is 3. The summed E-state index contributed by atoms with van der Waals surface area (Å²) >= 11 is 1.24. The SMILES string of the molecule is CC(Sc1nnc(CCC(N)=O)n1C1CC1)C(=O)NC(=O)NC(C)(C)C. The summed E-state index contributed by atoms with van der Waals surface area (Å²) in [5, 5.41) is 13.4. The van der Waals surface area contributed by atoms with E-state index in [9.17, 15) is 14.4 Å². The fourth-order valence-corrected chi connectivity index (χ4v) is 3.23. The largest absolute Gasteiger partial charge is 0.370 e. The maximum atomic E-state index is 12.3. The normalized spacial score (nSPS) is 15.4. The third-order valence-corrected chi connectivity index (χ3v) is 4.68. The molecule has 9 nitrogen and oxygen atoms in total. The smallest absolute Gasteiger partial charge is 0.321 e. The Morgan fingerprint density at radius 2 is 1.96 bits per heavy atom. The van der Waals surface area contributed by atoms with Gasteiger partial charge in [0.1, 0.15) is 5.82 Å². The van der Waals surface area contributed by atoms with Crippen LogP contribution in [-0.4, -0.2) is 43.4 Å². The van der Waals surface area contributed by atoms with E-state index in [1.807, 2.05) is 25.3 Å². The number of aromatic nitrogens is 3. The van der Waals surface area contributed by atoms with Gasteiger partial charge >= 0.3 is 6.03 Å². The first-order valence-corrected chi connectivity index (χ1v) is 9.46. The number of urea groups is 1. The highest BCUT2D eigenvalue weighted by Crippen LogP contribution is 2.39. The van der Waals surface area contributed by atoms with Crippen molar-refractivity contribution in [1.82, 2.24) is 25.4 Å². The summed E-state index contributed by atoms with van der Waals surface area (Å²) in [5.41, 5.74) is 4.78. The van der Waals surface area contributed by atoms with E-state index >= 15 is 0 Å². The fraction of sp³-hybridized carbons (Fsp3) is 0.688. The molecule has 2 rings (SSSR count). The van der Waals surface area contributed by atoms with Crippen molar-refractivity contribution in [3.63, 3.8) is 0 Å². The number of hydrogen-bond acceptors (Lipinski definition) is 6. The lowest BCUT2D eigenvalue weighted by molar-refractivity contribution is -0.119. The Bertz CT molecular complexity index is 693. The third kappa shape index (κ3) is 6.01. The van der Waals surface area contributed by atoms with Gasteiger partial charge in [0.2, 0.25) is 11.8 Å². The van der Waals surface area contributed by atoms with Gasteiger partial charge in [-0.05, 0) is 40.5 Å². The van der Waals surface area contributed by atoms with Gasteiger partial charge in [-0.15, -0.1) is 10.2 Å². The van der Waals surface area contributed by atoms with Gasteiger partial charge in [-0.2, -0.15) is 0 Å². The van der Waals surface area contributed by atoms with E-state index in [1.54, 1.807) is 6.92 Å². The lowest BCUT2D eigenvalue weighted by atomic mass is 10.1. The first kappa shape index (κ1) is 20.2. The van der Waals surface area contributed by atoms with Crippen molar-refractivity contribution in [2.24, 2.45) is 5.73 Å². The van der Waals surface area contributed by atoms with E-state index in [4.69, 9.17) is 5.73 Å². The van der Waals surface area contributed by atoms with Crippen molar-refractivity contribution in [2.45, 2.75) is 75.4 Å². The van der Waals surface area contributed by atoms with E-state index in [1.165, 1.54) is 11.8 Å². The van der Waals surface area contributed by atoms with Gasteiger partial charge in [-0.3, -0.25) is 14.9 Å². The van der Waals surface area contributed by atoms with E-state index in [0.717, 1.165) is 12.8 Å². The minimum absolute atomic E-state index is 0.207. The summed E-state index contributed by atoms with van der Waals surface area (Å²) in [5.74, 6) is -0.0881. The second-order valence-electron chi connectivity index (χ2n) is 7.42. The van der Waals surface area contributed by atoms with Gasteiger partial charge in [0.25, 0.3) is 0 Å². The lowest BCUT2D eigenvalue weighted by Gasteiger charge is -2.21. The summed E-state index contributed by atoms with van der Waals surface area (Å²) in [6, 6.07) is -0.226. The summed E-state index contributed by atoms with van der Waals surface area (Å²) < 4.78 is 1.98. The van der Waals surface area contributed by atoms with E-state index in [0.29, 0.717) is 23.4 Å². The molecule has 1 unspecified atom stereocenters. The molecule has 0 saturated heterocycles. The van der Waals surface area contributed by atoms with E-state index < -0.39 is 22.7 Å². The Labute approximate surface area is 156 Å². The summed E-state index contributed by atoms with van der Waals surface area (Å²) in [6.07, 6.45) is 2.67. The van der Waals surface area contributed by atoms with Gasteiger partial charge < -0.3 is 15.6 Å². The number of aryl methyl sites for hydroxylation is 1. The zero-order valence-electron chi connectivity index (χ0n) is 15.5. The molecule has 4 N–H and O–H groups in total. The molecule has 1 heterocycles. The number of carbonyl (C=O) groups is 3. The molecule has 1 saturated carbocycles. The maximum Gasteiger partial charge on any atom is 0.321 e. The van der Waals surface area contributed by atoms with Gasteiger partial charge in [0.05, 0.1) is 5.25 Å². The van der Waals surface area contributed by atoms with Crippen LogP contribution in [0.2, 0.25) is 0 Å². The minimum atomic E-state index is -0.527. The van der Waals surface area contributed by atoms with Crippen molar-refractivity contribution < 1.29 is 14.4 Å². The monoisotopic (exact) mass is 382 g/mol. The highest BCUT2D eigenvalue weighted by Gasteiger charge is 2.31. The van der Waals surface area contributed by atoms with Crippen LogP contribution in [0.1, 0.15) is 58.8 Å². The summed E-state index contributed by atoms with van der Waals surface area (Å²) in [7, 11) is 0. The molecule has 10 heteroatoms. The molecule has 0 spiro atoms. The van der Waals surface area contributed by atoms with Crippen LogP contribution in [0.15, 0.2) is 5.16 Å². The number of thioether (sulfide) groups is 1. The summed E-state index contributed by atoms with van der Waals surface area (Å²) in [4.78, 5) is 35.1. The molecule has 1 fully saturated rings. The Morgan fingerprint density at radius 3 is 2.50 bits per heavy atom. The molecular weight excluding hydrogens is 356 g/mol. The van der Waals surface area contributed by atoms with Crippen LogP contribution in [0, 0.1) is 0 Å². The average molecular weight is 382 g/mol. The molecular formula is C16H26N6O3S. The number of nitrogens with zero attached hydrogens (tertiary/aromatic N) is 3. The van der Waals surface area contributed by atoms with Crippen LogP contribution in [0.4, 0.5) is 4.79 Å². The topological polar surface area (TPSA) is 132 Å². The highest BCUT2D eigenvalue weighted by atomic mass is 32.2. The van der Waals surface area contributed by atoms with Crippen molar-refractivity contribution >= 4 is 29.6 Å². The van der Waals surface area contributed by atoms with Crippen LogP contribution in [0.25, 0.3) is 0 Å². The fourth-order valence-electron chi connectivity index (χ4n) is 2.29. The zero-order chi connectivity index (χ0) is 19.5. The minimum Gasteiger partial charge on any atom is -0.370 e. The Balaban J connectivity index is 1.99. The predicted octanol–water partition coefficient (Wildman–Crippen LogP) is 1.14. The van der Waals surface area contributed by atoms with Gasteiger partial charge in [-0.25, -0.2) is 4.79 Å². The zero-order valence-corrected chi connectivity index (χ0v) is 16.4. The van der Waals surface area contributed by atoms with Gasteiger partial charge in [-0.1, -0.05) is 11.8 Å².